The molecule has 4 aromatic rings. The van der Waals surface area contributed by atoms with E-state index in [0.717, 1.165) is 5.56 Å². The largest absolute Gasteiger partial charge is 0.461 e. The molecule has 0 bridgehead atoms. The summed E-state index contributed by atoms with van der Waals surface area (Å²) in [5, 5.41) is 0.314. The topological polar surface area (TPSA) is 107 Å². The Morgan fingerprint density at radius 2 is 1.67 bits per heavy atom. The first-order valence-corrected chi connectivity index (χ1v) is 11.7. The predicted molar refractivity (Wildman–Crippen MR) is 131 cm³/mol. The number of carbonyl (C=O) groups excluding carboxylic acids is 3. The van der Waals surface area contributed by atoms with Crippen molar-refractivity contribution in [2.75, 3.05) is 6.54 Å². The number of aryl methyl sites for hydroxylation is 1. The number of ether oxygens (including phenoxy) is 1. The molecule has 0 saturated heterocycles. The van der Waals surface area contributed by atoms with E-state index in [1.54, 1.807) is 48.5 Å². The van der Waals surface area contributed by atoms with Gasteiger partial charge < -0.3 is 13.6 Å². The van der Waals surface area contributed by atoms with E-state index in [-0.39, 0.29) is 42.0 Å². The fraction of sp³-hybridized carbons (Fsp3) is 0.214. The quantitative estimate of drug-likeness (QED) is 0.194. The number of carbonyl (C=O) groups is 3. The van der Waals surface area contributed by atoms with Gasteiger partial charge in [-0.25, -0.2) is 0 Å². The van der Waals surface area contributed by atoms with E-state index in [0.29, 0.717) is 41.4 Å². The molecule has 5 rings (SSSR count). The summed E-state index contributed by atoms with van der Waals surface area (Å²) >= 11 is 0. The molecule has 0 N–H and O–H groups in total. The van der Waals surface area contributed by atoms with Gasteiger partial charge in [-0.1, -0.05) is 30.2 Å². The van der Waals surface area contributed by atoms with E-state index in [1.165, 1.54) is 11.2 Å². The van der Waals surface area contributed by atoms with Gasteiger partial charge in [-0.05, 0) is 56.2 Å². The molecule has 0 saturated carbocycles. The van der Waals surface area contributed by atoms with Crippen LogP contribution in [0.15, 0.2) is 74.5 Å². The van der Waals surface area contributed by atoms with Crippen molar-refractivity contribution >= 4 is 28.8 Å². The molecule has 0 fully saturated rings. The second-order valence-corrected chi connectivity index (χ2v) is 8.66. The van der Waals surface area contributed by atoms with Crippen LogP contribution >= 0.6 is 0 Å². The van der Waals surface area contributed by atoms with Crippen molar-refractivity contribution in [3.63, 3.8) is 0 Å². The van der Waals surface area contributed by atoms with Crippen molar-refractivity contribution in [2.45, 2.75) is 32.6 Å². The molecule has 182 valence electrons. The highest BCUT2D eigenvalue weighted by atomic mass is 16.5. The van der Waals surface area contributed by atoms with E-state index in [9.17, 15) is 19.2 Å². The Balaban J connectivity index is 1.22. The average molecular weight is 485 g/mol. The van der Waals surface area contributed by atoms with Crippen LogP contribution in [0.1, 0.15) is 52.0 Å². The molecule has 2 aromatic heterocycles. The van der Waals surface area contributed by atoms with Gasteiger partial charge in [0.25, 0.3) is 11.8 Å². The minimum atomic E-state index is -0.581. The Bertz CT molecular complexity index is 1500. The van der Waals surface area contributed by atoms with Crippen LogP contribution in [0.2, 0.25) is 0 Å². The lowest BCUT2D eigenvalue weighted by molar-refractivity contribution is -0.134. The van der Waals surface area contributed by atoms with Crippen LogP contribution in [-0.4, -0.2) is 29.2 Å². The molecule has 2 aromatic carbocycles. The minimum Gasteiger partial charge on any atom is -0.461 e. The highest BCUT2D eigenvalue weighted by molar-refractivity contribution is 6.21. The Labute approximate surface area is 206 Å². The lowest BCUT2D eigenvalue weighted by Crippen LogP contribution is -2.30. The lowest BCUT2D eigenvalue weighted by atomic mass is 10.1. The van der Waals surface area contributed by atoms with Gasteiger partial charge in [0.05, 0.1) is 22.8 Å². The zero-order valence-corrected chi connectivity index (χ0v) is 19.6. The molecule has 0 radical (unpaired) electrons. The first kappa shape index (κ1) is 23.3. The molecule has 2 amide bonds. The van der Waals surface area contributed by atoms with Crippen molar-refractivity contribution in [3.05, 3.63) is 87.8 Å². The monoisotopic (exact) mass is 485 g/mol. The molecular weight excluding hydrogens is 462 g/mol. The van der Waals surface area contributed by atoms with Crippen LogP contribution in [0.4, 0.5) is 0 Å². The number of nitrogens with zero attached hydrogens (tertiary/aromatic N) is 1. The number of imide groups is 1. The molecule has 36 heavy (non-hydrogen) atoms. The fourth-order valence-corrected chi connectivity index (χ4v) is 4.28. The third-order valence-corrected chi connectivity index (χ3v) is 6.11. The number of benzene rings is 2. The zero-order valence-electron chi connectivity index (χ0n) is 19.6. The van der Waals surface area contributed by atoms with Crippen LogP contribution < -0.4 is 10.2 Å². The van der Waals surface area contributed by atoms with Gasteiger partial charge >= 0.3 is 5.97 Å². The zero-order chi connectivity index (χ0) is 25.2. The summed E-state index contributed by atoms with van der Waals surface area (Å²) in [4.78, 5) is 51.9. The van der Waals surface area contributed by atoms with Crippen molar-refractivity contribution < 1.29 is 28.0 Å². The number of hydrogen-bond acceptors (Lipinski definition) is 7. The molecule has 1 aliphatic heterocycles. The van der Waals surface area contributed by atoms with E-state index in [1.807, 2.05) is 13.0 Å². The maximum Gasteiger partial charge on any atom is 0.311 e. The SMILES string of the molecule is Cc1ccc2oc(-c3ccco3)c(OC(=O)CCCCCN3C(=O)c4ccccc4C3=O)c(=O)c2c1. The highest BCUT2D eigenvalue weighted by Gasteiger charge is 2.34. The first-order valence-electron chi connectivity index (χ1n) is 11.7. The van der Waals surface area contributed by atoms with Gasteiger partial charge in [-0.15, -0.1) is 0 Å². The van der Waals surface area contributed by atoms with Crippen LogP contribution in [0.25, 0.3) is 22.5 Å². The smallest absolute Gasteiger partial charge is 0.311 e. The van der Waals surface area contributed by atoms with Crippen LogP contribution in [0.3, 0.4) is 0 Å². The van der Waals surface area contributed by atoms with Crippen LogP contribution in [0.5, 0.6) is 5.75 Å². The second-order valence-electron chi connectivity index (χ2n) is 8.66. The van der Waals surface area contributed by atoms with Crippen molar-refractivity contribution in [3.8, 4) is 17.3 Å². The van der Waals surface area contributed by atoms with Crippen LogP contribution in [0, 0.1) is 6.92 Å². The summed E-state index contributed by atoms with van der Waals surface area (Å²) in [7, 11) is 0. The fourth-order valence-electron chi connectivity index (χ4n) is 4.28. The minimum absolute atomic E-state index is 0.0559. The summed E-state index contributed by atoms with van der Waals surface area (Å²) in [5.74, 6) is -1.04. The highest BCUT2D eigenvalue weighted by Crippen LogP contribution is 2.32. The Hall–Kier alpha value is -4.46. The normalized spacial score (nSPS) is 12.9. The van der Waals surface area contributed by atoms with Gasteiger partial charge in [0, 0.05) is 13.0 Å². The Morgan fingerprint density at radius 1 is 0.917 bits per heavy atom. The van der Waals surface area contributed by atoms with Crippen LogP contribution in [-0.2, 0) is 4.79 Å². The van der Waals surface area contributed by atoms with E-state index in [2.05, 4.69) is 0 Å². The predicted octanol–water partition coefficient (Wildman–Crippen LogP) is 5.12. The van der Waals surface area contributed by atoms with E-state index < -0.39 is 11.4 Å². The van der Waals surface area contributed by atoms with E-state index in [4.69, 9.17) is 13.6 Å². The number of amides is 2. The molecule has 0 aliphatic carbocycles. The summed E-state index contributed by atoms with van der Waals surface area (Å²) in [6, 6.07) is 15.2. The Kier molecular flexibility index (Phi) is 6.25. The third-order valence-electron chi connectivity index (χ3n) is 6.11. The van der Waals surface area contributed by atoms with Gasteiger partial charge in [0.1, 0.15) is 5.58 Å². The molecule has 8 heteroatoms. The summed E-state index contributed by atoms with van der Waals surface area (Å²) in [5.41, 5.74) is 1.62. The second kappa shape index (κ2) is 9.65. The van der Waals surface area contributed by atoms with Gasteiger partial charge in [-0.2, -0.15) is 0 Å². The molecule has 3 heterocycles. The summed E-state index contributed by atoms with van der Waals surface area (Å²) in [6.45, 7) is 2.13. The van der Waals surface area contributed by atoms with Crippen molar-refractivity contribution in [1.29, 1.82) is 0 Å². The standard InChI is InChI=1S/C28H23NO7/c1-17-12-13-21-20(16-17)24(31)26(25(35-21)22-10-7-15-34-22)36-23(30)11-3-2-6-14-29-27(32)18-8-4-5-9-19(18)28(29)33/h4-5,7-10,12-13,15-16H,2-3,6,11,14H2,1H3. The molecule has 1 aliphatic rings. The average Bonchev–Trinajstić information content (AvgIpc) is 3.49. The molecular formula is C28H23NO7. The lowest BCUT2D eigenvalue weighted by Gasteiger charge is -2.13. The molecule has 8 nitrogen and oxygen atoms in total. The van der Waals surface area contributed by atoms with Gasteiger partial charge in [0.15, 0.2) is 5.76 Å². The maximum atomic E-state index is 13.2. The van der Waals surface area contributed by atoms with E-state index >= 15 is 0 Å². The summed E-state index contributed by atoms with van der Waals surface area (Å²) in [6.07, 6.45) is 3.11. The number of rotatable bonds is 8. The number of fused-ring (bicyclic) bond motifs is 2. The molecule has 0 spiro atoms. The molecule has 0 unspecified atom stereocenters. The number of furan rings is 1. The first-order chi connectivity index (χ1) is 17.4. The number of esters is 1. The van der Waals surface area contributed by atoms with Crippen molar-refractivity contribution in [2.24, 2.45) is 0 Å². The number of hydrogen-bond donors (Lipinski definition) is 0. The van der Waals surface area contributed by atoms with Gasteiger partial charge in [-0.3, -0.25) is 24.1 Å². The number of unbranched alkanes of at least 4 members (excludes halogenated alkanes) is 2. The summed E-state index contributed by atoms with van der Waals surface area (Å²) < 4.78 is 16.7. The van der Waals surface area contributed by atoms with Crippen molar-refractivity contribution in [1.82, 2.24) is 4.90 Å². The van der Waals surface area contributed by atoms with Gasteiger partial charge in [0.2, 0.25) is 16.9 Å². The molecule has 0 atom stereocenters. The Morgan fingerprint density at radius 3 is 2.36 bits per heavy atom. The third kappa shape index (κ3) is 4.33. The maximum absolute atomic E-state index is 13.2.